The second kappa shape index (κ2) is 9.13. The van der Waals surface area contributed by atoms with Gasteiger partial charge in [-0.25, -0.2) is 0 Å². The van der Waals surface area contributed by atoms with Crippen LogP contribution in [0.3, 0.4) is 0 Å². The molecule has 2 aliphatic rings. The van der Waals surface area contributed by atoms with Crippen molar-refractivity contribution in [2.45, 2.75) is 32.0 Å². The molecule has 1 atom stereocenters. The lowest BCUT2D eigenvalue weighted by Crippen LogP contribution is -2.50. The Hall–Kier alpha value is -2.13. The van der Waals surface area contributed by atoms with E-state index in [4.69, 9.17) is 4.74 Å². The van der Waals surface area contributed by atoms with Crippen LogP contribution in [-0.4, -0.2) is 67.0 Å². The van der Waals surface area contributed by atoms with Gasteiger partial charge in [-0.2, -0.15) is 13.2 Å². The number of morpholine rings is 1. The first-order valence-electron chi connectivity index (χ1n) is 9.84. The average molecular weight is 413 g/mol. The summed E-state index contributed by atoms with van der Waals surface area (Å²) in [4.78, 5) is 28.9. The maximum absolute atomic E-state index is 12.8. The summed E-state index contributed by atoms with van der Waals surface area (Å²) in [7, 11) is 0. The van der Waals surface area contributed by atoms with Gasteiger partial charge >= 0.3 is 6.18 Å². The predicted octanol–water partition coefficient (Wildman–Crippen LogP) is 2.60. The Morgan fingerprint density at radius 3 is 2.41 bits per heavy atom. The van der Waals surface area contributed by atoms with Gasteiger partial charge < -0.3 is 15.0 Å². The third-order valence-electron chi connectivity index (χ3n) is 5.59. The molecule has 0 unspecified atom stereocenters. The van der Waals surface area contributed by atoms with Gasteiger partial charge in [0, 0.05) is 24.7 Å². The number of carbonyl (C=O) groups excluding carboxylic acids is 2. The summed E-state index contributed by atoms with van der Waals surface area (Å²) in [5.74, 6) is -0.264. The standard InChI is InChI=1S/C20H26F3N3O3/c1-14(18(27)24-17-4-2-3-16(13-17)20(21,22)23)25-7-5-15(6-8-25)19(28)26-9-11-29-12-10-26/h2-4,13-15H,5-12H2,1H3,(H,24,27)/t14-/m0/s1. The van der Waals surface area contributed by atoms with Crippen molar-refractivity contribution in [3.63, 3.8) is 0 Å². The lowest BCUT2D eigenvalue weighted by atomic mass is 9.94. The number of benzene rings is 1. The molecule has 6 nitrogen and oxygen atoms in total. The minimum Gasteiger partial charge on any atom is -0.378 e. The number of piperidine rings is 1. The molecule has 2 amide bonds. The number of likely N-dealkylation sites (tertiary alicyclic amines) is 1. The number of carbonyl (C=O) groups is 2. The largest absolute Gasteiger partial charge is 0.416 e. The number of nitrogens with zero attached hydrogens (tertiary/aromatic N) is 2. The topological polar surface area (TPSA) is 61.9 Å². The first kappa shape index (κ1) is 21.6. The van der Waals surface area contributed by atoms with Gasteiger partial charge in [-0.05, 0) is 51.1 Å². The van der Waals surface area contributed by atoms with Crippen molar-refractivity contribution >= 4 is 17.5 Å². The van der Waals surface area contributed by atoms with Gasteiger partial charge in [0.1, 0.15) is 0 Å². The Balaban J connectivity index is 1.52. The van der Waals surface area contributed by atoms with Gasteiger partial charge in [-0.15, -0.1) is 0 Å². The van der Waals surface area contributed by atoms with Gasteiger partial charge in [0.05, 0.1) is 24.8 Å². The molecule has 0 aliphatic carbocycles. The van der Waals surface area contributed by atoms with E-state index < -0.39 is 17.8 Å². The van der Waals surface area contributed by atoms with E-state index in [2.05, 4.69) is 5.32 Å². The van der Waals surface area contributed by atoms with Crippen LogP contribution in [0.1, 0.15) is 25.3 Å². The molecule has 1 aromatic rings. The summed E-state index contributed by atoms with van der Waals surface area (Å²) in [6, 6.07) is 4.11. The highest BCUT2D eigenvalue weighted by Gasteiger charge is 2.33. The van der Waals surface area contributed by atoms with Crippen LogP contribution in [0, 0.1) is 5.92 Å². The van der Waals surface area contributed by atoms with E-state index in [-0.39, 0.29) is 23.4 Å². The molecule has 0 saturated carbocycles. The Bertz CT molecular complexity index is 727. The number of halogens is 3. The van der Waals surface area contributed by atoms with Gasteiger partial charge in [-0.1, -0.05) is 6.07 Å². The smallest absolute Gasteiger partial charge is 0.378 e. The zero-order chi connectivity index (χ0) is 21.0. The van der Waals surface area contributed by atoms with Crippen LogP contribution < -0.4 is 5.32 Å². The van der Waals surface area contributed by atoms with Gasteiger partial charge in [0.25, 0.3) is 0 Å². The van der Waals surface area contributed by atoms with Crippen LogP contribution in [0.4, 0.5) is 18.9 Å². The maximum Gasteiger partial charge on any atom is 0.416 e. The zero-order valence-corrected chi connectivity index (χ0v) is 16.4. The molecule has 0 bridgehead atoms. The van der Waals surface area contributed by atoms with Crippen molar-refractivity contribution in [1.82, 2.24) is 9.80 Å². The summed E-state index contributed by atoms with van der Waals surface area (Å²) < 4.78 is 43.8. The number of nitrogens with one attached hydrogen (secondary N) is 1. The quantitative estimate of drug-likeness (QED) is 0.824. The van der Waals surface area contributed by atoms with Crippen molar-refractivity contribution < 1.29 is 27.5 Å². The van der Waals surface area contributed by atoms with E-state index in [0.29, 0.717) is 52.2 Å². The summed E-state index contributed by atoms with van der Waals surface area (Å²) in [5.41, 5.74) is -0.681. The molecule has 0 radical (unpaired) electrons. The number of hydrogen-bond donors (Lipinski definition) is 1. The van der Waals surface area contributed by atoms with E-state index in [1.807, 2.05) is 9.80 Å². The number of ether oxygens (including phenoxy) is 1. The number of anilines is 1. The second-order valence-electron chi connectivity index (χ2n) is 7.49. The van der Waals surface area contributed by atoms with Crippen molar-refractivity contribution in [2.75, 3.05) is 44.7 Å². The molecule has 160 valence electrons. The van der Waals surface area contributed by atoms with Crippen molar-refractivity contribution in [1.29, 1.82) is 0 Å². The molecule has 29 heavy (non-hydrogen) atoms. The highest BCUT2D eigenvalue weighted by molar-refractivity contribution is 5.94. The van der Waals surface area contributed by atoms with Crippen LogP contribution in [0.5, 0.6) is 0 Å². The number of hydrogen-bond acceptors (Lipinski definition) is 4. The molecule has 2 fully saturated rings. The van der Waals surface area contributed by atoms with E-state index in [9.17, 15) is 22.8 Å². The molecular formula is C20H26F3N3O3. The molecule has 1 aromatic carbocycles. The van der Waals surface area contributed by atoms with E-state index >= 15 is 0 Å². The highest BCUT2D eigenvalue weighted by atomic mass is 19.4. The Morgan fingerprint density at radius 1 is 1.14 bits per heavy atom. The van der Waals surface area contributed by atoms with E-state index in [1.54, 1.807) is 6.92 Å². The van der Waals surface area contributed by atoms with E-state index in [1.165, 1.54) is 12.1 Å². The molecule has 0 aromatic heterocycles. The minimum absolute atomic E-state index is 0.0527. The molecule has 2 aliphatic heterocycles. The zero-order valence-electron chi connectivity index (χ0n) is 16.4. The molecule has 2 heterocycles. The Labute approximate surface area is 168 Å². The Morgan fingerprint density at radius 2 is 1.79 bits per heavy atom. The summed E-state index contributed by atoms with van der Waals surface area (Å²) in [6.07, 6.45) is -3.13. The fourth-order valence-electron chi connectivity index (χ4n) is 3.76. The summed E-state index contributed by atoms with van der Waals surface area (Å²) >= 11 is 0. The fraction of sp³-hybridized carbons (Fsp3) is 0.600. The van der Waals surface area contributed by atoms with E-state index in [0.717, 1.165) is 12.1 Å². The van der Waals surface area contributed by atoms with Crippen LogP contribution in [0.25, 0.3) is 0 Å². The van der Waals surface area contributed by atoms with Crippen molar-refractivity contribution in [2.24, 2.45) is 5.92 Å². The average Bonchev–Trinajstić information content (AvgIpc) is 2.73. The molecule has 1 N–H and O–H groups in total. The molecular weight excluding hydrogens is 387 g/mol. The van der Waals surface area contributed by atoms with Crippen molar-refractivity contribution in [3.05, 3.63) is 29.8 Å². The van der Waals surface area contributed by atoms with Gasteiger partial charge in [0.15, 0.2) is 0 Å². The molecule has 9 heteroatoms. The van der Waals surface area contributed by atoms with Crippen LogP contribution in [0.2, 0.25) is 0 Å². The van der Waals surface area contributed by atoms with Crippen LogP contribution >= 0.6 is 0 Å². The first-order chi connectivity index (χ1) is 13.8. The minimum atomic E-state index is -4.46. The number of rotatable bonds is 4. The summed E-state index contributed by atoms with van der Waals surface area (Å²) in [6.45, 7) is 5.29. The van der Waals surface area contributed by atoms with Crippen LogP contribution in [-0.2, 0) is 20.5 Å². The third kappa shape index (κ3) is 5.48. The summed E-state index contributed by atoms with van der Waals surface area (Å²) in [5, 5.41) is 2.57. The Kier molecular flexibility index (Phi) is 6.79. The molecule has 0 spiro atoms. The first-order valence-corrected chi connectivity index (χ1v) is 9.84. The SMILES string of the molecule is C[C@@H](C(=O)Nc1cccc(C(F)(F)F)c1)N1CCC(C(=O)N2CCOCC2)CC1. The predicted molar refractivity (Wildman–Crippen MR) is 101 cm³/mol. The molecule has 2 saturated heterocycles. The number of alkyl halides is 3. The van der Waals surface area contributed by atoms with Gasteiger partial charge in [0.2, 0.25) is 11.8 Å². The lowest BCUT2D eigenvalue weighted by molar-refractivity contribution is -0.141. The fourth-order valence-corrected chi connectivity index (χ4v) is 3.76. The molecule has 3 rings (SSSR count). The normalized spacial score (nSPS) is 20.3. The second-order valence-corrected chi connectivity index (χ2v) is 7.49. The van der Waals surface area contributed by atoms with Crippen molar-refractivity contribution in [3.8, 4) is 0 Å². The van der Waals surface area contributed by atoms with Gasteiger partial charge in [-0.3, -0.25) is 14.5 Å². The maximum atomic E-state index is 12.8. The third-order valence-corrected chi connectivity index (χ3v) is 5.59. The number of amides is 2. The monoisotopic (exact) mass is 413 g/mol. The van der Waals surface area contributed by atoms with Crippen LogP contribution in [0.15, 0.2) is 24.3 Å². The highest BCUT2D eigenvalue weighted by Crippen LogP contribution is 2.30. The lowest BCUT2D eigenvalue weighted by Gasteiger charge is -2.37.